The van der Waals surface area contributed by atoms with Crippen molar-refractivity contribution in [3.8, 4) is 0 Å². The SMILES string of the molecule is CC1CCc2c(sc3ncn(CC(=O)N/N=C/c4ccc(Cl)cc4Cl)c(=O)c23)C1. The summed E-state index contributed by atoms with van der Waals surface area (Å²) in [5, 5.41) is 5.50. The molecule has 1 aliphatic rings. The third-order valence-corrected chi connectivity index (χ3v) is 6.68. The first kappa shape index (κ1) is 20.1. The average molecular weight is 449 g/mol. The zero-order valence-electron chi connectivity index (χ0n) is 15.6. The molecule has 2 aromatic heterocycles. The van der Waals surface area contributed by atoms with E-state index < -0.39 is 5.91 Å². The minimum Gasteiger partial charge on any atom is -0.289 e. The summed E-state index contributed by atoms with van der Waals surface area (Å²) in [5.41, 5.74) is 3.96. The van der Waals surface area contributed by atoms with Gasteiger partial charge in [-0.1, -0.05) is 36.2 Å². The molecule has 3 aromatic rings. The van der Waals surface area contributed by atoms with E-state index in [4.69, 9.17) is 23.2 Å². The predicted octanol–water partition coefficient (Wildman–Crippen LogP) is 4.04. The van der Waals surface area contributed by atoms with Gasteiger partial charge < -0.3 is 0 Å². The van der Waals surface area contributed by atoms with E-state index in [0.717, 1.165) is 29.7 Å². The second-order valence-corrected chi connectivity index (χ2v) is 9.10. The van der Waals surface area contributed by atoms with Crippen molar-refractivity contribution in [2.75, 3.05) is 0 Å². The van der Waals surface area contributed by atoms with Crippen LogP contribution in [0, 0.1) is 5.92 Å². The lowest BCUT2D eigenvalue weighted by molar-refractivity contribution is -0.121. The minimum atomic E-state index is -0.424. The van der Waals surface area contributed by atoms with Gasteiger partial charge >= 0.3 is 0 Å². The number of aryl methyl sites for hydroxylation is 1. The Bertz CT molecular complexity index is 1190. The number of benzene rings is 1. The molecule has 6 nitrogen and oxygen atoms in total. The number of hydrogen-bond donors (Lipinski definition) is 1. The molecule has 1 unspecified atom stereocenters. The van der Waals surface area contributed by atoms with E-state index in [1.54, 1.807) is 29.5 Å². The number of carbonyl (C=O) groups excluding carboxylic acids is 1. The lowest BCUT2D eigenvalue weighted by Gasteiger charge is -2.17. The highest BCUT2D eigenvalue weighted by molar-refractivity contribution is 7.18. The van der Waals surface area contributed by atoms with Crippen molar-refractivity contribution in [3.05, 3.63) is 60.9 Å². The van der Waals surface area contributed by atoms with Crippen molar-refractivity contribution in [1.82, 2.24) is 15.0 Å². The lowest BCUT2D eigenvalue weighted by Crippen LogP contribution is -2.30. The Labute approximate surface area is 181 Å². The maximum atomic E-state index is 12.9. The summed E-state index contributed by atoms with van der Waals surface area (Å²) in [4.78, 5) is 31.6. The molecule has 1 N–H and O–H groups in total. The van der Waals surface area contributed by atoms with Crippen LogP contribution in [-0.4, -0.2) is 21.7 Å². The average Bonchev–Trinajstić information content (AvgIpc) is 3.04. The molecule has 1 aliphatic carbocycles. The lowest BCUT2D eigenvalue weighted by atomic mass is 9.89. The molecule has 4 rings (SSSR count). The van der Waals surface area contributed by atoms with E-state index in [9.17, 15) is 9.59 Å². The number of rotatable bonds is 4. The Kier molecular flexibility index (Phi) is 5.72. The van der Waals surface area contributed by atoms with Crippen LogP contribution in [0.3, 0.4) is 0 Å². The summed E-state index contributed by atoms with van der Waals surface area (Å²) in [6.45, 7) is 2.07. The third-order valence-electron chi connectivity index (χ3n) is 4.95. The second-order valence-electron chi connectivity index (χ2n) is 7.17. The molecule has 0 bridgehead atoms. The molecular formula is C20H18Cl2N4O2S. The van der Waals surface area contributed by atoms with Gasteiger partial charge in [-0.05, 0) is 42.9 Å². The van der Waals surface area contributed by atoms with Crippen molar-refractivity contribution in [3.63, 3.8) is 0 Å². The number of nitrogens with one attached hydrogen (secondary N) is 1. The number of nitrogens with zero attached hydrogens (tertiary/aromatic N) is 3. The minimum absolute atomic E-state index is 0.158. The van der Waals surface area contributed by atoms with Crippen molar-refractivity contribution in [1.29, 1.82) is 0 Å². The number of carbonyl (C=O) groups is 1. The van der Waals surface area contributed by atoms with Crippen LogP contribution in [0.15, 0.2) is 34.4 Å². The molecule has 9 heteroatoms. The van der Waals surface area contributed by atoms with Gasteiger partial charge in [-0.25, -0.2) is 10.4 Å². The van der Waals surface area contributed by atoms with Gasteiger partial charge in [0.05, 0.1) is 23.0 Å². The van der Waals surface area contributed by atoms with Crippen molar-refractivity contribution in [2.45, 2.75) is 32.7 Å². The van der Waals surface area contributed by atoms with E-state index >= 15 is 0 Å². The van der Waals surface area contributed by atoms with Crippen LogP contribution >= 0.6 is 34.5 Å². The normalized spacial score (nSPS) is 16.3. The zero-order chi connectivity index (χ0) is 20.5. The molecule has 0 saturated carbocycles. The summed E-state index contributed by atoms with van der Waals surface area (Å²) < 4.78 is 1.33. The van der Waals surface area contributed by atoms with Gasteiger partial charge in [0, 0.05) is 15.5 Å². The van der Waals surface area contributed by atoms with Gasteiger partial charge in [0.25, 0.3) is 11.5 Å². The van der Waals surface area contributed by atoms with E-state index in [0.29, 0.717) is 26.9 Å². The summed E-state index contributed by atoms with van der Waals surface area (Å²) >= 11 is 13.5. The van der Waals surface area contributed by atoms with Crippen molar-refractivity contribution < 1.29 is 4.79 Å². The van der Waals surface area contributed by atoms with E-state index in [2.05, 4.69) is 22.4 Å². The fourth-order valence-electron chi connectivity index (χ4n) is 3.45. The Balaban J connectivity index is 1.50. The molecule has 2 heterocycles. The second kappa shape index (κ2) is 8.26. The highest BCUT2D eigenvalue weighted by atomic mass is 35.5. The number of amides is 1. The van der Waals surface area contributed by atoms with E-state index in [1.165, 1.54) is 22.0 Å². The van der Waals surface area contributed by atoms with Gasteiger partial charge in [-0.15, -0.1) is 11.3 Å². The van der Waals surface area contributed by atoms with Crippen molar-refractivity contribution in [2.24, 2.45) is 11.0 Å². The van der Waals surface area contributed by atoms with Crippen LogP contribution in [0.5, 0.6) is 0 Å². The monoisotopic (exact) mass is 448 g/mol. The molecular weight excluding hydrogens is 431 g/mol. The highest BCUT2D eigenvalue weighted by Gasteiger charge is 2.23. The Hall–Kier alpha value is -2.22. The summed E-state index contributed by atoms with van der Waals surface area (Å²) in [7, 11) is 0. The van der Waals surface area contributed by atoms with E-state index in [-0.39, 0.29) is 12.1 Å². The molecule has 0 spiro atoms. The van der Waals surface area contributed by atoms with Crippen molar-refractivity contribution >= 4 is 56.9 Å². The number of thiophene rings is 1. The standard InChI is InChI=1S/C20H18Cl2N4O2S/c1-11-2-5-14-16(6-11)29-19-18(14)20(28)26(10-23-19)9-17(27)25-24-8-12-3-4-13(21)7-15(12)22/h3-4,7-8,10-11H,2,5-6,9H2,1H3,(H,25,27)/b24-8+. The van der Waals surface area contributed by atoms with Crippen LogP contribution in [-0.2, 0) is 24.2 Å². The summed E-state index contributed by atoms with van der Waals surface area (Å²) in [6.07, 6.45) is 5.79. The zero-order valence-corrected chi connectivity index (χ0v) is 17.9. The van der Waals surface area contributed by atoms with Gasteiger partial charge in [0.15, 0.2) is 0 Å². The van der Waals surface area contributed by atoms with Gasteiger partial charge in [0.2, 0.25) is 0 Å². The molecule has 0 radical (unpaired) electrons. The van der Waals surface area contributed by atoms with Crippen LogP contribution in [0.1, 0.15) is 29.3 Å². The van der Waals surface area contributed by atoms with Crippen LogP contribution in [0.25, 0.3) is 10.2 Å². The van der Waals surface area contributed by atoms with Gasteiger partial charge in [-0.2, -0.15) is 5.10 Å². The number of hydrogen-bond acceptors (Lipinski definition) is 5. The van der Waals surface area contributed by atoms with Crippen LogP contribution in [0.4, 0.5) is 0 Å². The number of fused-ring (bicyclic) bond motifs is 3. The maximum absolute atomic E-state index is 12.9. The van der Waals surface area contributed by atoms with Gasteiger partial charge in [-0.3, -0.25) is 14.2 Å². The largest absolute Gasteiger partial charge is 0.289 e. The first-order valence-electron chi connectivity index (χ1n) is 9.19. The Morgan fingerprint density at radius 2 is 2.28 bits per heavy atom. The predicted molar refractivity (Wildman–Crippen MR) is 117 cm³/mol. The molecule has 150 valence electrons. The van der Waals surface area contributed by atoms with E-state index in [1.807, 2.05) is 0 Å². The fourth-order valence-corrected chi connectivity index (χ4v) is 5.25. The quantitative estimate of drug-likeness (QED) is 0.483. The Morgan fingerprint density at radius 3 is 3.07 bits per heavy atom. The third kappa shape index (κ3) is 4.22. The summed E-state index contributed by atoms with van der Waals surface area (Å²) in [5.74, 6) is 0.197. The Morgan fingerprint density at radius 1 is 1.45 bits per heavy atom. The molecule has 1 atom stereocenters. The molecule has 0 aliphatic heterocycles. The molecule has 0 saturated heterocycles. The first-order valence-corrected chi connectivity index (χ1v) is 10.8. The highest BCUT2D eigenvalue weighted by Crippen LogP contribution is 2.35. The molecule has 0 fully saturated rings. The topological polar surface area (TPSA) is 76.3 Å². The van der Waals surface area contributed by atoms with Crippen LogP contribution in [0.2, 0.25) is 10.0 Å². The number of aromatic nitrogens is 2. The first-order chi connectivity index (χ1) is 13.9. The maximum Gasteiger partial charge on any atom is 0.262 e. The smallest absolute Gasteiger partial charge is 0.262 e. The van der Waals surface area contributed by atoms with Gasteiger partial charge in [0.1, 0.15) is 11.4 Å². The summed E-state index contributed by atoms with van der Waals surface area (Å²) in [6, 6.07) is 4.97. The number of halogens is 2. The molecule has 1 amide bonds. The molecule has 29 heavy (non-hydrogen) atoms. The van der Waals surface area contributed by atoms with Crippen LogP contribution < -0.4 is 11.0 Å². The molecule has 1 aromatic carbocycles. The fraction of sp³-hybridized carbons (Fsp3) is 0.300. The number of hydrazone groups is 1.